The molecule has 5 atom stereocenters. The van der Waals surface area contributed by atoms with Crippen molar-refractivity contribution in [1.82, 2.24) is 26.3 Å². The van der Waals surface area contributed by atoms with Gasteiger partial charge in [-0.3, -0.25) is 19.2 Å². The number of H-pyrrole nitrogens is 1. The highest BCUT2D eigenvalue weighted by atomic mass is 32.2. The fourth-order valence-electron chi connectivity index (χ4n) is 5.10. The molecule has 8 N–H and O–H groups in total. The Morgan fingerprint density at radius 3 is 1.87 bits per heavy atom. The van der Waals surface area contributed by atoms with Crippen molar-refractivity contribution in [3.8, 4) is 0 Å². The summed E-state index contributed by atoms with van der Waals surface area (Å²) in [6.07, 6.45) is 6.94. The van der Waals surface area contributed by atoms with E-state index in [9.17, 15) is 29.1 Å². The Balaban J connectivity index is 2.38. The van der Waals surface area contributed by atoms with E-state index in [2.05, 4.69) is 26.3 Å². The summed E-state index contributed by atoms with van der Waals surface area (Å²) in [5, 5.41) is 21.6. The van der Waals surface area contributed by atoms with Crippen LogP contribution >= 0.6 is 23.5 Å². The van der Waals surface area contributed by atoms with Gasteiger partial charge in [0.15, 0.2) is 0 Å². The molecule has 47 heavy (non-hydrogen) atoms. The van der Waals surface area contributed by atoms with Gasteiger partial charge in [0.1, 0.15) is 24.2 Å². The zero-order valence-corrected chi connectivity index (χ0v) is 29.9. The summed E-state index contributed by atoms with van der Waals surface area (Å²) < 4.78 is 0. The number of carboxylic acids is 1. The lowest BCUT2D eigenvalue weighted by molar-refractivity contribution is -0.143. The molecule has 12 nitrogen and oxygen atoms in total. The highest BCUT2D eigenvalue weighted by Gasteiger charge is 2.32. The van der Waals surface area contributed by atoms with Gasteiger partial charge >= 0.3 is 5.97 Å². The predicted molar refractivity (Wildman–Crippen MR) is 190 cm³/mol. The van der Waals surface area contributed by atoms with E-state index in [1.54, 1.807) is 18.0 Å². The molecular weight excluding hydrogens is 641 g/mol. The van der Waals surface area contributed by atoms with E-state index in [1.807, 2.05) is 64.5 Å². The molecule has 4 amide bonds. The number of fused-ring (bicyclic) bond motifs is 1. The molecule has 0 radical (unpaired) electrons. The van der Waals surface area contributed by atoms with Gasteiger partial charge in [-0.15, -0.1) is 0 Å². The van der Waals surface area contributed by atoms with Gasteiger partial charge in [-0.2, -0.15) is 23.5 Å². The maximum Gasteiger partial charge on any atom is 0.326 e. The first-order valence-electron chi connectivity index (χ1n) is 16.0. The average molecular weight is 693 g/mol. The molecule has 1 aromatic heterocycles. The minimum absolute atomic E-state index is 0.0115. The van der Waals surface area contributed by atoms with Crippen LogP contribution in [0.3, 0.4) is 0 Å². The number of aromatic amines is 1. The lowest BCUT2D eigenvalue weighted by Crippen LogP contribution is -2.59. The number of hydrogen-bond donors (Lipinski definition) is 7. The van der Waals surface area contributed by atoms with Crippen LogP contribution in [0.1, 0.15) is 58.9 Å². The summed E-state index contributed by atoms with van der Waals surface area (Å²) in [5.74, 6) is -2.08. The molecule has 1 heterocycles. The number of aliphatic carboxylic acids is 1. The predicted octanol–water partition coefficient (Wildman–Crippen LogP) is 2.66. The monoisotopic (exact) mass is 692 g/mol. The molecule has 0 aliphatic heterocycles. The van der Waals surface area contributed by atoms with Crippen LogP contribution in [-0.4, -0.2) is 93.9 Å². The van der Waals surface area contributed by atoms with Crippen molar-refractivity contribution in [1.29, 1.82) is 0 Å². The first kappa shape index (κ1) is 39.9. The number of para-hydroxylation sites is 1. The third-order valence-electron chi connectivity index (χ3n) is 7.61. The largest absolute Gasteiger partial charge is 0.480 e. The minimum Gasteiger partial charge on any atom is -0.480 e. The van der Waals surface area contributed by atoms with Gasteiger partial charge in [-0.05, 0) is 73.2 Å². The summed E-state index contributed by atoms with van der Waals surface area (Å²) in [6.45, 7) is 7.51. The Morgan fingerprint density at radius 2 is 1.26 bits per heavy atom. The normalized spacial score (nSPS) is 14.7. The summed E-state index contributed by atoms with van der Waals surface area (Å²) in [6, 6.07) is 2.59. The molecule has 0 spiro atoms. The van der Waals surface area contributed by atoms with Gasteiger partial charge in [-0.1, -0.05) is 45.9 Å². The molecule has 0 bridgehead atoms. The standard InChI is InChI=1S/C33H52N6O6S2/c1-19(2)15-26(31(42)39-28(33(44)45)16-20(3)4)37-32(43)27(17-21-18-35-24-10-8-7-9-22(21)24)38-30(41)25(12-14-47-6)36-29(40)23(34)11-13-46-5/h7-10,18-20,23,25-28,35H,11-17,34H2,1-6H3,(H,36,40)(H,37,43)(H,38,41)(H,39,42)(H,44,45)/t23-,25-,26-,27-,28-/m0/s1. The number of thioether (sulfide) groups is 2. The number of benzene rings is 1. The van der Waals surface area contributed by atoms with E-state index < -0.39 is 59.8 Å². The van der Waals surface area contributed by atoms with Gasteiger partial charge in [0.05, 0.1) is 6.04 Å². The Bertz CT molecular complexity index is 1340. The first-order valence-corrected chi connectivity index (χ1v) is 18.8. The van der Waals surface area contributed by atoms with Gasteiger partial charge in [0.25, 0.3) is 0 Å². The van der Waals surface area contributed by atoms with Crippen LogP contribution in [0.25, 0.3) is 10.9 Å². The Kier molecular flexibility index (Phi) is 17.2. The third kappa shape index (κ3) is 13.4. The van der Waals surface area contributed by atoms with Crippen LogP contribution in [-0.2, 0) is 30.4 Å². The van der Waals surface area contributed by atoms with Crippen LogP contribution in [0.4, 0.5) is 0 Å². The molecule has 0 saturated heterocycles. The van der Waals surface area contributed by atoms with Crippen molar-refractivity contribution in [3.63, 3.8) is 0 Å². The molecule has 1 aromatic carbocycles. The van der Waals surface area contributed by atoms with Gasteiger partial charge in [0, 0.05) is 23.5 Å². The number of amides is 4. The topological polar surface area (TPSA) is 196 Å². The van der Waals surface area contributed by atoms with Crippen LogP contribution in [0.5, 0.6) is 0 Å². The SMILES string of the molecule is CSCC[C@H](NC(=O)[C@@H](N)CCSC)C(=O)N[C@@H](Cc1c[nH]c2ccccc12)C(=O)N[C@@H](CC(C)C)C(=O)N[C@@H](CC(C)C)C(=O)O. The molecule has 0 aliphatic carbocycles. The van der Waals surface area contributed by atoms with Gasteiger partial charge < -0.3 is 37.1 Å². The lowest BCUT2D eigenvalue weighted by atomic mass is 9.99. The van der Waals surface area contributed by atoms with Crippen molar-refractivity contribution < 1.29 is 29.1 Å². The zero-order chi connectivity index (χ0) is 35.1. The van der Waals surface area contributed by atoms with Crippen molar-refractivity contribution in [2.45, 2.75) is 90.0 Å². The maximum absolute atomic E-state index is 14.0. The van der Waals surface area contributed by atoms with Gasteiger partial charge in [0.2, 0.25) is 23.6 Å². The second-order valence-corrected chi connectivity index (χ2v) is 14.5. The molecule has 0 saturated carbocycles. The quantitative estimate of drug-likeness (QED) is 0.103. The number of hydrogen-bond acceptors (Lipinski definition) is 8. The van der Waals surface area contributed by atoms with Crippen molar-refractivity contribution in [2.24, 2.45) is 17.6 Å². The molecule has 0 unspecified atom stereocenters. The van der Waals surface area contributed by atoms with Crippen LogP contribution in [0.15, 0.2) is 30.5 Å². The van der Waals surface area contributed by atoms with E-state index in [1.165, 1.54) is 11.8 Å². The third-order valence-corrected chi connectivity index (χ3v) is 8.89. The van der Waals surface area contributed by atoms with Crippen molar-refractivity contribution in [3.05, 3.63) is 36.0 Å². The second-order valence-electron chi connectivity index (χ2n) is 12.6. The maximum atomic E-state index is 14.0. The number of carbonyl (C=O) groups excluding carboxylic acids is 4. The Hall–Kier alpha value is -3.23. The summed E-state index contributed by atoms with van der Waals surface area (Å²) in [7, 11) is 0. The molecule has 2 rings (SSSR count). The zero-order valence-electron chi connectivity index (χ0n) is 28.3. The fourth-order valence-corrected chi connectivity index (χ4v) is 6.06. The number of aromatic nitrogens is 1. The number of carbonyl (C=O) groups is 5. The van der Waals surface area contributed by atoms with E-state index in [-0.39, 0.29) is 31.1 Å². The molecular formula is C33H52N6O6S2. The van der Waals surface area contributed by atoms with Crippen LogP contribution < -0.4 is 27.0 Å². The fraction of sp³-hybridized carbons (Fsp3) is 0.606. The smallest absolute Gasteiger partial charge is 0.326 e. The van der Waals surface area contributed by atoms with E-state index >= 15 is 0 Å². The number of nitrogens with one attached hydrogen (secondary N) is 5. The highest BCUT2D eigenvalue weighted by Crippen LogP contribution is 2.20. The van der Waals surface area contributed by atoms with E-state index in [0.717, 1.165) is 16.5 Å². The number of carboxylic acid groups (broad SMARTS) is 1. The van der Waals surface area contributed by atoms with Crippen LogP contribution in [0, 0.1) is 11.8 Å². The number of rotatable bonds is 21. The van der Waals surface area contributed by atoms with Gasteiger partial charge in [-0.25, -0.2) is 4.79 Å². The molecule has 2 aromatic rings. The summed E-state index contributed by atoms with van der Waals surface area (Å²) in [4.78, 5) is 69.0. The average Bonchev–Trinajstić information content (AvgIpc) is 3.42. The summed E-state index contributed by atoms with van der Waals surface area (Å²) in [5.41, 5.74) is 7.71. The van der Waals surface area contributed by atoms with E-state index in [4.69, 9.17) is 5.73 Å². The van der Waals surface area contributed by atoms with Crippen molar-refractivity contribution >= 4 is 64.0 Å². The molecule has 0 aliphatic rings. The highest BCUT2D eigenvalue weighted by molar-refractivity contribution is 7.98. The molecule has 0 fully saturated rings. The second kappa shape index (κ2) is 20.2. The Morgan fingerprint density at radius 1 is 0.745 bits per heavy atom. The van der Waals surface area contributed by atoms with Crippen molar-refractivity contribution in [2.75, 3.05) is 24.0 Å². The Labute approximate surface area is 286 Å². The molecule has 262 valence electrons. The number of nitrogens with two attached hydrogens (primary N) is 1. The first-order chi connectivity index (χ1) is 22.3. The lowest BCUT2D eigenvalue weighted by Gasteiger charge is -2.27. The van der Waals surface area contributed by atoms with Crippen LogP contribution in [0.2, 0.25) is 0 Å². The summed E-state index contributed by atoms with van der Waals surface area (Å²) >= 11 is 3.09. The minimum atomic E-state index is -1.15. The van der Waals surface area contributed by atoms with E-state index in [0.29, 0.717) is 24.3 Å². The molecule has 14 heteroatoms.